The molecule has 5 N–H and O–H groups in total. The summed E-state index contributed by atoms with van der Waals surface area (Å²) in [6.07, 6.45) is 0.495. The third-order valence-corrected chi connectivity index (χ3v) is 4.50. The summed E-state index contributed by atoms with van der Waals surface area (Å²) in [5, 5.41) is 20.6. The van der Waals surface area contributed by atoms with Gasteiger partial charge in [-0.2, -0.15) is 5.26 Å². The minimum absolute atomic E-state index is 0.161. The fourth-order valence-electron chi connectivity index (χ4n) is 2.90. The molecule has 0 heterocycles. The van der Waals surface area contributed by atoms with E-state index in [1.54, 1.807) is 12.1 Å². The molecule has 0 aromatic heterocycles. The summed E-state index contributed by atoms with van der Waals surface area (Å²) in [4.78, 5) is 23.3. The van der Waals surface area contributed by atoms with E-state index >= 15 is 0 Å². The van der Waals surface area contributed by atoms with Crippen LogP contribution in [0.15, 0.2) is 60.8 Å². The number of benzene rings is 2. The molecule has 0 saturated heterocycles. The SMILES string of the molecule is C=C(CC(CC(=O)O)C(=O)NCCc1ccc(-c2ccc(C#N)cc2)cc1)NN. The van der Waals surface area contributed by atoms with Gasteiger partial charge in [-0.1, -0.05) is 43.0 Å². The van der Waals surface area contributed by atoms with Crippen LogP contribution in [0.2, 0.25) is 0 Å². The van der Waals surface area contributed by atoms with Crippen molar-refractivity contribution in [1.82, 2.24) is 10.7 Å². The van der Waals surface area contributed by atoms with E-state index in [4.69, 9.17) is 16.2 Å². The number of nitrogens with zero attached hydrogens (tertiary/aromatic N) is 1. The van der Waals surface area contributed by atoms with E-state index in [0.29, 0.717) is 24.2 Å². The minimum Gasteiger partial charge on any atom is -0.481 e. The Bertz CT molecular complexity index is 899. The molecule has 1 atom stereocenters. The summed E-state index contributed by atoms with van der Waals surface area (Å²) in [5.41, 5.74) is 6.48. The lowest BCUT2D eigenvalue weighted by molar-refractivity contribution is -0.141. The summed E-state index contributed by atoms with van der Waals surface area (Å²) >= 11 is 0. The van der Waals surface area contributed by atoms with Gasteiger partial charge in [0.15, 0.2) is 0 Å². The lowest BCUT2D eigenvalue weighted by atomic mass is 9.98. The van der Waals surface area contributed by atoms with Crippen LogP contribution in [0.4, 0.5) is 0 Å². The predicted molar refractivity (Wildman–Crippen MR) is 110 cm³/mol. The minimum atomic E-state index is -1.05. The number of nitriles is 1. The van der Waals surface area contributed by atoms with Crippen molar-refractivity contribution in [1.29, 1.82) is 5.26 Å². The van der Waals surface area contributed by atoms with Gasteiger partial charge >= 0.3 is 5.97 Å². The number of carboxylic acid groups (broad SMARTS) is 1. The number of nitrogens with two attached hydrogens (primary N) is 1. The number of amides is 1. The van der Waals surface area contributed by atoms with Crippen LogP contribution in [0.3, 0.4) is 0 Å². The summed E-state index contributed by atoms with van der Waals surface area (Å²) < 4.78 is 0. The van der Waals surface area contributed by atoms with Crippen LogP contribution in [-0.4, -0.2) is 23.5 Å². The molecule has 2 rings (SSSR count). The van der Waals surface area contributed by atoms with Gasteiger partial charge in [-0.15, -0.1) is 0 Å². The second kappa shape index (κ2) is 10.6. The number of carbonyl (C=O) groups is 2. The largest absolute Gasteiger partial charge is 0.481 e. The molecule has 0 radical (unpaired) electrons. The third kappa shape index (κ3) is 6.79. The smallest absolute Gasteiger partial charge is 0.304 e. The van der Waals surface area contributed by atoms with E-state index in [-0.39, 0.29) is 18.7 Å². The van der Waals surface area contributed by atoms with E-state index in [1.807, 2.05) is 36.4 Å². The monoisotopic (exact) mass is 392 g/mol. The molecule has 0 aliphatic rings. The Kier molecular flexibility index (Phi) is 7.95. The first-order valence-electron chi connectivity index (χ1n) is 9.16. The Morgan fingerprint density at radius 2 is 1.66 bits per heavy atom. The van der Waals surface area contributed by atoms with Gasteiger partial charge in [0.1, 0.15) is 0 Å². The van der Waals surface area contributed by atoms with Gasteiger partial charge in [0.25, 0.3) is 0 Å². The zero-order valence-electron chi connectivity index (χ0n) is 16.0. The van der Waals surface area contributed by atoms with Gasteiger partial charge in [0.05, 0.1) is 24.0 Å². The second-order valence-corrected chi connectivity index (χ2v) is 6.67. The molecule has 29 heavy (non-hydrogen) atoms. The van der Waals surface area contributed by atoms with Crippen molar-refractivity contribution in [2.75, 3.05) is 6.54 Å². The quantitative estimate of drug-likeness (QED) is 0.363. The molecule has 150 valence electrons. The number of nitrogens with one attached hydrogen (secondary N) is 2. The second-order valence-electron chi connectivity index (χ2n) is 6.67. The van der Waals surface area contributed by atoms with Crippen molar-refractivity contribution in [3.63, 3.8) is 0 Å². The summed E-state index contributed by atoms with van der Waals surface area (Å²) in [5.74, 6) is 3.14. The van der Waals surface area contributed by atoms with Crippen LogP contribution in [0.5, 0.6) is 0 Å². The number of rotatable bonds is 10. The molecule has 2 aromatic carbocycles. The van der Waals surface area contributed by atoms with Gasteiger partial charge in [0, 0.05) is 18.7 Å². The Hall–Kier alpha value is -3.63. The average Bonchev–Trinajstić information content (AvgIpc) is 2.73. The molecule has 0 bridgehead atoms. The van der Waals surface area contributed by atoms with Crippen molar-refractivity contribution in [3.8, 4) is 17.2 Å². The maximum Gasteiger partial charge on any atom is 0.304 e. The Morgan fingerprint density at radius 3 is 2.17 bits per heavy atom. The first kappa shape index (κ1) is 21.7. The van der Waals surface area contributed by atoms with E-state index in [9.17, 15) is 9.59 Å². The first-order valence-corrected chi connectivity index (χ1v) is 9.16. The molecular weight excluding hydrogens is 368 g/mol. The van der Waals surface area contributed by atoms with Crippen molar-refractivity contribution < 1.29 is 14.7 Å². The number of hydrogen-bond acceptors (Lipinski definition) is 5. The van der Waals surface area contributed by atoms with Gasteiger partial charge < -0.3 is 15.8 Å². The maximum atomic E-state index is 12.3. The van der Waals surface area contributed by atoms with Crippen LogP contribution in [0, 0.1) is 17.2 Å². The van der Waals surface area contributed by atoms with Gasteiger partial charge in [-0.25, -0.2) is 0 Å². The molecular formula is C22H24N4O3. The van der Waals surface area contributed by atoms with Gasteiger partial charge in [-0.05, 0) is 35.2 Å². The van der Waals surface area contributed by atoms with Gasteiger partial charge in [0.2, 0.25) is 5.91 Å². The Labute approximate surface area is 169 Å². The zero-order chi connectivity index (χ0) is 21.2. The van der Waals surface area contributed by atoms with E-state index in [0.717, 1.165) is 16.7 Å². The molecule has 0 fully saturated rings. The number of hydrazine groups is 1. The Morgan fingerprint density at radius 1 is 1.07 bits per heavy atom. The van der Waals surface area contributed by atoms with E-state index in [1.165, 1.54) is 0 Å². The van der Waals surface area contributed by atoms with Crippen molar-refractivity contribution in [2.24, 2.45) is 11.8 Å². The highest BCUT2D eigenvalue weighted by Gasteiger charge is 2.22. The predicted octanol–water partition coefficient (Wildman–Crippen LogP) is 2.34. The van der Waals surface area contributed by atoms with Crippen molar-refractivity contribution >= 4 is 11.9 Å². The first-order chi connectivity index (χ1) is 13.9. The summed E-state index contributed by atoms with van der Waals surface area (Å²) in [7, 11) is 0. The van der Waals surface area contributed by atoms with Crippen LogP contribution < -0.4 is 16.6 Å². The fraction of sp³-hybridized carbons (Fsp3) is 0.227. The van der Waals surface area contributed by atoms with Crippen LogP contribution in [-0.2, 0) is 16.0 Å². The number of carbonyl (C=O) groups excluding carboxylic acids is 1. The average molecular weight is 392 g/mol. The van der Waals surface area contributed by atoms with Gasteiger partial charge in [-0.3, -0.25) is 15.4 Å². The lowest BCUT2D eigenvalue weighted by Gasteiger charge is -2.16. The molecule has 2 aromatic rings. The van der Waals surface area contributed by atoms with Crippen LogP contribution >= 0.6 is 0 Å². The highest BCUT2D eigenvalue weighted by molar-refractivity contribution is 5.83. The van der Waals surface area contributed by atoms with Crippen LogP contribution in [0.25, 0.3) is 11.1 Å². The molecule has 0 spiro atoms. The summed E-state index contributed by atoms with van der Waals surface area (Å²) in [6.45, 7) is 4.04. The van der Waals surface area contributed by atoms with Crippen molar-refractivity contribution in [3.05, 3.63) is 71.9 Å². The highest BCUT2D eigenvalue weighted by atomic mass is 16.4. The zero-order valence-corrected chi connectivity index (χ0v) is 16.0. The number of aliphatic carboxylic acids is 1. The van der Waals surface area contributed by atoms with Crippen LogP contribution in [0.1, 0.15) is 24.0 Å². The molecule has 7 heteroatoms. The Balaban J connectivity index is 1.90. The molecule has 0 aliphatic heterocycles. The number of allylic oxidation sites excluding steroid dienone is 1. The lowest BCUT2D eigenvalue weighted by Crippen LogP contribution is -2.35. The molecule has 0 saturated carbocycles. The topological polar surface area (TPSA) is 128 Å². The van der Waals surface area contributed by atoms with E-state index < -0.39 is 11.9 Å². The molecule has 0 aliphatic carbocycles. The maximum absolute atomic E-state index is 12.3. The highest BCUT2D eigenvalue weighted by Crippen LogP contribution is 2.20. The normalized spacial score (nSPS) is 11.2. The molecule has 1 amide bonds. The van der Waals surface area contributed by atoms with E-state index in [2.05, 4.69) is 23.4 Å². The fourth-order valence-corrected chi connectivity index (χ4v) is 2.90. The number of carboxylic acids is 1. The number of hydrogen-bond donors (Lipinski definition) is 4. The van der Waals surface area contributed by atoms with Crippen molar-refractivity contribution in [2.45, 2.75) is 19.3 Å². The standard InChI is InChI=1S/C22H24N4O3/c1-15(26-24)12-20(13-21(27)28)22(29)25-11-10-16-2-6-18(7-3-16)19-8-4-17(14-23)5-9-19/h2-9,20,26H,1,10-13,24H2,(H,25,29)(H,27,28). The third-order valence-electron chi connectivity index (χ3n) is 4.50. The molecule has 1 unspecified atom stereocenters. The summed E-state index contributed by atoms with van der Waals surface area (Å²) in [6, 6.07) is 17.4. The molecule has 7 nitrogen and oxygen atoms in total.